The number of rotatable bonds is 8. The fraction of sp³-hybridized carbons (Fsp3) is 0.250. The Morgan fingerprint density at radius 2 is 1.97 bits per heavy atom. The van der Waals surface area contributed by atoms with Gasteiger partial charge in [0.1, 0.15) is 12.2 Å². The summed E-state index contributed by atoms with van der Waals surface area (Å²) in [6, 6.07) is 11.1. The summed E-state index contributed by atoms with van der Waals surface area (Å²) >= 11 is 7.30. The van der Waals surface area contributed by atoms with Gasteiger partial charge in [0.2, 0.25) is 5.91 Å². The van der Waals surface area contributed by atoms with E-state index in [2.05, 4.69) is 20.0 Å². The van der Waals surface area contributed by atoms with Crippen LogP contribution in [0.25, 0.3) is 0 Å². The topological polar surface area (TPSA) is 91.8 Å². The van der Waals surface area contributed by atoms with E-state index < -0.39 is 0 Å². The van der Waals surface area contributed by atoms with Crippen LogP contribution in [0.3, 0.4) is 0 Å². The van der Waals surface area contributed by atoms with Gasteiger partial charge in [0.05, 0.1) is 18.6 Å². The first-order valence-electron chi connectivity index (χ1n) is 9.02. The molecule has 0 aliphatic carbocycles. The van der Waals surface area contributed by atoms with Crippen LogP contribution < -0.4 is 15.6 Å². The van der Waals surface area contributed by atoms with Crippen LogP contribution in [0.4, 0.5) is 5.69 Å². The number of aromatic nitrogens is 3. The van der Waals surface area contributed by atoms with E-state index in [1.807, 2.05) is 37.3 Å². The van der Waals surface area contributed by atoms with E-state index in [4.69, 9.17) is 11.6 Å². The maximum atomic E-state index is 12.8. The Bertz CT molecular complexity index is 1050. The number of nitrogens with one attached hydrogen (secondary N) is 3. The molecule has 0 aliphatic rings. The van der Waals surface area contributed by atoms with Crippen LogP contribution in [-0.4, -0.2) is 20.4 Å². The minimum Gasteiger partial charge on any atom is -0.349 e. The Balaban J connectivity index is 1.60. The van der Waals surface area contributed by atoms with Gasteiger partial charge in [0.25, 0.3) is 5.56 Å². The van der Waals surface area contributed by atoms with Crippen LogP contribution in [-0.2, 0) is 23.6 Å². The summed E-state index contributed by atoms with van der Waals surface area (Å²) in [6.45, 7) is 3.96. The van der Waals surface area contributed by atoms with Crippen molar-refractivity contribution in [3.8, 4) is 0 Å². The Labute approximate surface area is 178 Å². The highest BCUT2D eigenvalue weighted by molar-refractivity contribution is 7.99. The second kappa shape index (κ2) is 9.67. The van der Waals surface area contributed by atoms with Crippen LogP contribution in [0.1, 0.15) is 22.6 Å². The van der Waals surface area contributed by atoms with Crippen LogP contribution in [0.2, 0.25) is 5.02 Å². The molecular formula is C20H22ClN5O2S. The molecule has 152 valence electrons. The lowest BCUT2D eigenvalue weighted by Crippen LogP contribution is -2.33. The normalized spacial score (nSPS) is 10.7. The monoisotopic (exact) mass is 431 g/mol. The van der Waals surface area contributed by atoms with Gasteiger partial charge < -0.3 is 19.6 Å². The summed E-state index contributed by atoms with van der Waals surface area (Å²) in [7, 11) is 0. The van der Waals surface area contributed by atoms with Crippen LogP contribution >= 0.6 is 23.5 Å². The molecule has 9 heteroatoms. The first kappa shape index (κ1) is 21.0. The number of pyridine rings is 1. The molecule has 0 atom stereocenters. The minimum absolute atomic E-state index is 0.0501. The molecule has 0 bridgehead atoms. The average Bonchev–Trinajstić information content (AvgIpc) is 3.11. The van der Waals surface area contributed by atoms with Gasteiger partial charge in [0.15, 0.2) is 0 Å². The van der Waals surface area contributed by atoms with Crippen LogP contribution in [0, 0.1) is 13.8 Å². The van der Waals surface area contributed by atoms with E-state index in [1.165, 1.54) is 16.5 Å². The van der Waals surface area contributed by atoms with Gasteiger partial charge in [-0.05, 0) is 55.6 Å². The third-order valence-electron chi connectivity index (χ3n) is 4.42. The number of anilines is 1. The van der Waals surface area contributed by atoms with Gasteiger partial charge in [-0.25, -0.2) is 4.98 Å². The molecule has 1 aromatic carbocycles. The number of benzene rings is 1. The van der Waals surface area contributed by atoms with Crippen molar-refractivity contribution in [2.45, 2.75) is 32.7 Å². The Hall–Kier alpha value is -2.71. The molecule has 7 nitrogen and oxygen atoms in total. The summed E-state index contributed by atoms with van der Waals surface area (Å²) in [5.74, 6) is 0.428. The fourth-order valence-corrected chi connectivity index (χ4v) is 3.54. The van der Waals surface area contributed by atoms with Crippen molar-refractivity contribution >= 4 is 35.1 Å². The molecule has 0 fully saturated rings. The van der Waals surface area contributed by atoms with Gasteiger partial charge in [-0.1, -0.05) is 23.7 Å². The average molecular weight is 432 g/mol. The lowest BCUT2D eigenvalue weighted by Gasteiger charge is -2.13. The largest absolute Gasteiger partial charge is 0.349 e. The Morgan fingerprint density at radius 3 is 2.66 bits per heavy atom. The van der Waals surface area contributed by atoms with Gasteiger partial charge in [-0.3, -0.25) is 9.59 Å². The van der Waals surface area contributed by atoms with Gasteiger partial charge in [-0.15, -0.1) is 0 Å². The molecule has 0 saturated carbocycles. The number of hydrogen-bond donors (Lipinski definition) is 3. The number of H-pyrrole nitrogens is 1. The van der Waals surface area contributed by atoms with Crippen molar-refractivity contribution in [1.29, 1.82) is 0 Å². The van der Waals surface area contributed by atoms with E-state index in [-0.39, 0.29) is 18.0 Å². The molecule has 29 heavy (non-hydrogen) atoms. The predicted molar refractivity (Wildman–Crippen MR) is 117 cm³/mol. The highest BCUT2D eigenvalue weighted by atomic mass is 35.5. The smallest absolute Gasteiger partial charge is 0.275 e. The number of nitrogens with zero attached hydrogens (tertiary/aromatic N) is 2. The number of aromatic amines is 1. The predicted octanol–water partition coefficient (Wildman–Crippen LogP) is 3.42. The quantitative estimate of drug-likeness (QED) is 0.475. The fourth-order valence-electron chi connectivity index (χ4n) is 2.67. The minimum atomic E-state index is -0.247. The number of halogens is 1. The number of carbonyl (C=O) groups excluding carboxylic acids is 1. The second-order valence-corrected chi connectivity index (χ2v) is 7.77. The first-order valence-corrected chi connectivity index (χ1v) is 10.4. The third kappa shape index (κ3) is 5.65. The maximum absolute atomic E-state index is 12.8. The van der Waals surface area contributed by atoms with Crippen molar-refractivity contribution in [2.24, 2.45) is 0 Å². The van der Waals surface area contributed by atoms with Crippen LogP contribution in [0.5, 0.6) is 0 Å². The molecule has 0 saturated heterocycles. The lowest BCUT2D eigenvalue weighted by atomic mass is 10.2. The molecule has 2 heterocycles. The molecule has 0 radical (unpaired) electrons. The molecule has 0 spiro atoms. The van der Waals surface area contributed by atoms with Crippen molar-refractivity contribution in [3.05, 3.63) is 80.7 Å². The first-order chi connectivity index (χ1) is 13.9. The van der Waals surface area contributed by atoms with Gasteiger partial charge >= 0.3 is 0 Å². The van der Waals surface area contributed by atoms with E-state index in [0.29, 0.717) is 28.7 Å². The molecule has 0 unspecified atom stereocenters. The van der Waals surface area contributed by atoms with Crippen molar-refractivity contribution in [2.75, 3.05) is 4.72 Å². The summed E-state index contributed by atoms with van der Waals surface area (Å²) in [6.07, 6.45) is 1.59. The molecule has 0 aliphatic heterocycles. The third-order valence-corrected chi connectivity index (χ3v) is 5.51. The summed E-state index contributed by atoms with van der Waals surface area (Å²) in [4.78, 5) is 32.2. The van der Waals surface area contributed by atoms with E-state index >= 15 is 0 Å². The van der Waals surface area contributed by atoms with E-state index in [9.17, 15) is 9.59 Å². The number of carbonyl (C=O) groups is 1. The van der Waals surface area contributed by atoms with Gasteiger partial charge in [-0.2, -0.15) is 0 Å². The van der Waals surface area contributed by atoms with E-state index in [0.717, 1.165) is 17.0 Å². The molecule has 3 aromatic rings. The number of aryl methyl sites for hydroxylation is 2. The highest BCUT2D eigenvalue weighted by Crippen LogP contribution is 2.17. The number of imidazole rings is 1. The van der Waals surface area contributed by atoms with Crippen LogP contribution in [0.15, 0.2) is 47.5 Å². The molecule has 2 aromatic heterocycles. The molecule has 3 N–H and O–H groups in total. The summed E-state index contributed by atoms with van der Waals surface area (Å²) < 4.78 is 4.54. The van der Waals surface area contributed by atoms with Gasteiger partial charge in [0, 0.05) is 22.2 Å². The van der Waals surface area contributed by atoms with Crippen molar-refractivity contribution in [1.82, 2.24) is 19.9 Å². The maximum Gasteiger partial charge on any atom is 0.275 e. The number of hydrogen-bond acceptors (Lipinski definition) is 5. The SMILES string of the molecule is Cc1[nH]cnc1CNC(=O)Cn1c(C)ccc(NSCc2ccc(Cl)cc2)c1=O. The Morgan fingerprint density at radius 1 is 1.21 bits per heavy atom. The highest BCUT2D eigenvalue weighted by Gasteiger charge is 2.11. The van der Waals surface area contributed by atoms with Crippen molar-refractivity contribution < 1.29 is 4.79 Å². The molecule has 1 amide bonds. The van der Waals surface area contributed by atoms with E-state index in [1.54, 1.807) is 19.3 Å². The lowest BCUT2D eigenvalue weighted by molar-refractivity contribution is -0.121. The zero-order chi connectivity index (χ0) is 20.8. The summed E-state index contributed by atoms with van der Waals surface area (Å²) in [5.41, 5.74) is 3.69. The van der Waals surface area contributed by atoms with Crippen molar-refractivity contribution in [3.63, 3.8) is 0 Å². The standard InChI is InChI=1S/C20H22ClN5O2S/c1-13-3-8-17(25-29-11-15-4-6-16(21)7-5-15)20(28)26(13)10-19(27)22-9-18-14(2)23-12-24-18/h3-8,12,25H,9-11H2,1-2H3,(H,22,27)(H,23,24). The number of amides is 1. The zero-order valence-electron chi connectivity index (χ0n) is 16.2. The molecular weight excluding hydrogens is 410 g/mol. The Kier molecular flexibility index (Phi) is 7.00. The molecule has 3 rings (SSSR count). The zero-order valence-corrected chi connectivity index (χ0v) is 17.7. The summed E-state index contributed by atoms with van der Waals surface area (Å²) in [5, 5.41) is 3.49. The second-order valence-electron chi connectivity index (χ2n) is 6.55.